The number of hydrogen-bond acceptors (Lipinski definition) is 3. The van der Waals surface area contributed by atoms with E-state index in [1.165, 1.54) is 0 Å². The standard InChI is InChI=1S/C13H14F2N2O3/c14-9-4-8(13(19)20)11(5-10(9)15)17-12(18)7-2-1-3-16-6-7/h4-5,7,16H,1-3,6H2,(H,17,18)(H,19,20). The number of nitrogens with one attached hydrogen (secondary N) is 2. The Kier molecular flexibility index (Phi) is 4.29. The second-order valence-corrected chi connectivity index (χ2v) is 4.65. The molecule has 1 unspecified atom stereocenters. The SMILES string of the molecule is O=C(O)c1cc(F)c(F)cc1NC(=O)C1CCCNC1. The number of amides is 1. The molecule has 1 aliphatic rings. The normalized spacial score (nSPS) is 18.6. The third-order valence-corrected chi connectivity index (χ3v) is 3.22. The highest BCUT2D eigenvalue weighted by Gasteiger charge is 2.23. The smallest absolute Gasteiger partial charge is 0.337 e. The molecule has 0 saturated carbocycles. The summed E-state index contributed by atoms with van der Waals surface area (Å²) in [6.07, 6.45) is 1.51. The Morgan fingerprint density at radius 1 is 1.30 bits per heavy atom. The maximum absolute atomic E-state index is 13.2. The van der Waals surface area contributed by atoms with Crippen molar-refractivity contribution in [2.24, 2.45) is 5.92 Å². The van der Waals surface area contributed by atoms with Crippen LogP contribution in [0.1, 0.15) is 23.2 Å². The lowest BCUT2D eigenvalue weighted by molar-refractivity contribution is -0.120. The number of anilines is 1. The lowest BCUT2D eigenvalue weighted by Crippen LogP contribution is -2.37. The van der Waals surface area contributed by atoms with Crippen molar-refractivity contribution >= 4 is 17.6 Å². The van der Waals surface area contributed by atoms with Crippen LogP contribution in [0.25, 0.3) is 0 Å². The van der Waals surface area contributed by atoms with Crippen molar-refractivity contribution in [3.05, 3.63) is 29.3 Å². The van der Waals surface area contributed by atoms with Crippen LogP contribution in [0.15, 0.2) is 12.1 Å². The van der Waals surface area contributed by atoms with E-state index in [9.17, 15) is 18.4 Å². The molecule has 1 saturated heterocycles. The third-order valence-electron chi connectivity index (χ3n) is 3.22. The summed E-state index contributed by atoms with van der Waals surface area (Å²) in [5.74, 6) is -4.60. The Morgan fingerprint density at radius 3 is 2.60 bits per heavy atom. The first-order valence-corrected chi connectivity index (χ1v) is 6.23. The molecule has 1 amide bonds. The molecule has 0 radical (unpaired) electrons. The molecule has 2 rings (SSSR count). The van der Waals surface area contributed by atoms with Gasteiger partial charge in [0.1, 0.15) is 0 Å². The van der Waals surface area contributed by atoms with E-state index in [1.807, 2.05) is 0 Å². The zero-order valence-corrected chi connectivity index (χ0v) is 10.6. The number of piperidine rings is 1. The Bertz CT molecular complexity index is 543. The minimum absolute atomic E-state index is 0.230. The van der Waals surface area contributed by atoms with Gasteiger partial charge in [-0.1, -0.05) is 0 Å². The molecule has 108 valence electrons. The summed E-state index contributed by atoms with van der Waals surface area (Å²) in [4.78, 5) is 23.0. The molecule has 0 bridgehead atoms. The number of halogens is 2. The second kappa shape index (κ2) is 5.96. The Balaban J connectivity index is 2.21. The number of aromatic carboxylic acids is 1. The monoisotopic (exact) mass is 284 g/mol. The molecule has 5 nitrogen and oxygen atoms in total. The highest BCUT2D eigenvalue weighted by atomic mass is 19.2. The van der Waals surface area contributed by atoms with Gasteiger partial charge in [-0.25, -0.2) is 13.6 Å². The van der Waals surface area contributed by atoms with E-state index in [2.05, 4.69) is 10.6 Å². The maximum Gasteiger partial charge on any atom is 0.337 e. The number of rotatable bonds is 3. The third kappa shape index (κ3) is 3.11. The summed E-state index contributed by atoms with van der Waals surface area (Å²) in [5, 5.41) is 14.4. The number of hydrogen-bond donors (Lipinski definition) is 3. The first kappa shape index (κ1) is 14.4. The fraction of sp³-hybridized carbons (Fsp3) is 0.385. The molecule has 20 heavy (non-hydrogen) atoms. The van der Waals surface area contributed by atoms with E-state index < -0.39 is 29.1 Å². The van der Waals surface area contributed by atoms with Gasteiger partial charge in [-0.3, -0.25) is 4.79 Å². The van der Waals surface area contributed by atoms with Gasteiger partial charge in [0.25, 0.3) is 0 Å². The Hall–Kier alpha value is -2.02. The van der Waals surface area contributed by atoms with Crippen LogP contribution in [0, 0.1) is 17.6 Å². The van der Waals surface area contributed by atoms with Gasteiger partial charge in [0.2, 0.25) is 5.91 Å². The Morgan fingerprint density at radius 2 is 2.00 bits per heavy atom. The van der Waals surface area contributed by atoms with Gasteiger partial charge in [0, 0.05) is 12.6 Å². The molecule has 0 aromatic heterocycles. The average Bonchev–Trinajstić information content (AvgIpc) is 2.43. The first-order valence-electron chi connectivity index (χ1n) is 6.23. The van der Waals surface area contributed by atoms with E-state index in [-0.39, 0.29) is 11.6 Å². The molecule has 1 aromatic rings. The largest absolute Gasteiger partial charge is 0.478 e. The zero-order valence-electron chi connectivity index (χ0n) is 10.6. The summed E-state index contributed by atoms with van der Waals surface area (Å²) in [7, 11) is 0. The van der Waals surface area contributed by atoms with Crippen LogP contribution in [0.5, 0.6) is 0 Å². The van der Waals surface area contributed by atoms with E-state index in [1.54, 1.807) is 0 Å². The van der Waals surface area contributed by atoms with Gasteiger partial charge < -0.3 is 15.7 Å². The molecule has 0 spiro atoms. The highest BCUT2D eigenvalue weighted by Crippen LogP contribution is 2.22. The van der Waals surface area contributed by atoms with Crippen molar-refractivity contribution in [2.75, 3.05) is 18.4 Å². The molecule has 1 heterocycles. The van der Waals surface area contributed by atoms with E-state index in [0.29, 0.717) is 25.1 Å². The number of carbonyl (C=O) groups excluding carboxylic acids is 1. The fourth-order valence-electron chi connectivity index (χ4n) is 2.14. The fourth-order valence-corrected chi connectivity index (χ4v) is 2.14. The minimum Gasteiger partial charge on any atom is -0.478 e. The molecule has 3 N–H and O–H groups in total. The van der Waals surface area contributed by atoms with E-state index >= 15 is 0 Å². The molecule has 7 heteroatoms. The van der Waals surface area contributed by atoms with Crippen LogP contribution in [0.3, 0.4) is 0 Å². The summed E-state index contributed by atoms with van der Waals surface area (Å²) >= 11 is 0. The van der Waals surface area contributed by atoms with Crippen molar-refractivity contribution in [1.29, 1.82) is 0 Å². The predicted octanol–water partition coefficient (Wildman–Crippen LogP) is 1.60. The summed E-state index contributed by atoms with van der Waals surface area (Å²) in [6, 6.07) is 1.25. The predicted molar refractivity (Wildman–Crippen MR) is 67.5 cm³/mol. The van der Waals surface area contributed by atoms with Crippen molar-refractivity contribution < 1.29 is 23.5 Å². The van der Waals surface area contributed by atoms with Crippen LogP contribution < -0.4 is 10.6 Å². The minimum atomic E-state index is -1.43. The molecule has 0 aliphatic carbocycles. The molecule has 1 aliphatic heterocycles. The van der Waals surface area contributed by atoms with Crippen molar-refractivity contribution in [3.63, 3.8) is 0 Å². The van der Waals surface area contributed by atoms with Gasteiger partial charge in [-0.2, -0.15) is 0 Å². The lowest BCUT2D eigenvalue weighted by Gasteiger charge is -2.22. The zero-order chi connectivity index (χ0) is 14.7. The molecular weight excluding hydrogens is 270 g/mol. The number of carbonyl (C=O) groups is 2. The van der Waals surface area contributed by atoms with Crippen LogP contribution >= 0.6 is 0 Å². The van der Waals surface area contributed by atoms with Crippen molar-refractivity contribution in [3.8, 4) is 0 Å². The molecule has 1 aromatic carbocycles. The maximum atomic E-state index is 13.2. The van der Waals surface area contributed by atoms with Crippen molar-refractivity contribution in [2.45, 2.75) is 12.8 Å². The lowest BCUT2D eigenvalue weighted by atomic mass is 9.98. The van der Waals surface area contributed by atoms with Crippen LogP contribution in [0.4, 0.5) is 14.5 Å². The molecule has 1 fully saturated rings. The second-order valence-electron chi connectivity index (χ2n) is 4.65. The van der Waals surface area contributed by atoms with Gasteiger partial charge in [0.15, 0.2) is 11.6 Å². The molecular formula is C13H14F2N2O3. The molecule has 1 atom stereocenters. The van der Waals surface area contributed by atoms with E-state index in [4.69, 9.17) is 5.11 Å². The van der Waals surface area contributed by atoms with Gasteiger partial charge >= 0.3 is 5.97 Å². The summed E-state index contributed by atoms with van der Waals surface area (Å²) in [5.41, 5.74) is -0.701. The van der Waals surface area contributed by atoms with E-state index in [0.717, 1.165) is 13.0 Å². The highest BCUT2D eigenvalue weighted by molar-refractivity contribution is 6.01. The van der Waals surface area contributed by atoms with Crippen molar-refractivity contribution in [1.82, 2.24) is 5.32 Å². The van der Waals surface area contributed by atoms with Gasteiger partial charge in [0.05, 0.1) is 17.2 Å². The van der Waals surface area contributed by atoms with Crippen LogP contribution in [0.2, 0.25) is 0 Å². The topological polar surface area (TPSA) is 78.4 Å². The summed E-state index contributed by atoms with van der Waals surface area (Å²) < 4.78 is 26.2. The van der Waals surface area contributed by atoms with Gasteiger partial charge in [-0.05, 0) is 25.5 Å². The first-order chi connectivity index (χ1) is 9.49. The number of carboxylic acids is 1. The number of benzene rings is 1. The number of carboxylic acid groups (broad SMARTS) is 1. The Labute approximate surface area is 114 Å². The summed E-state index contributed by atoms with van der Waals surface area (Å²) in [6.45, 7) is 1.31. The van der Waals surface area contributed by atoms with Crippen LogP contribution in [-0.2, 0) is 4.79 Å². The van der Waals surface area contributed by atoms with Gasteiger partial charge in [-0.15, -0.1) is 0 Å². The average molecular weight is 284 g/mol. The quantitative estimate of drug-likeness (QED) is 0.788. The van der Waals surface area contributed by atoms with Crippen LogP contribution in [-0.4, -0.2) is 30.1 Å².